The monoisotopic (exact) mass is 595 g/mol. The minimum atomic E-state index is -4.07. The molecule has 1 aliphatic rings. The van der Waals surface area contributed by atoms with E-state index in [9.17, 15) is 22.4 Å². The van der Waals surface area contributed by atoms with Crippen LogP contribution in [0.25, 0.3) is 11.8 Å². The molecule has 0 saturated carbocycles. The predicted molar refractivity (Wildman–Crippen MR) is 164 cm³/mol. The van der Waals surface area contributed by atoms with Crippen molar-refractivity contribution in [3.05, 3.63) is 148 Å². The lowest BCUT2D eigenvalue weighted by Crippen LogP contribution is -2.39. The van der Waals surface area contributed by atoms with Gasteiger partial charge < -0.3 is 10.2 Å². The van der Waals surface area contributed by atoms with Crippen LogP contribution in [0.2, 0.25) is 0 Å². The molecule has 43 heavy (non-hydrogen) atoms. The summed E-state index contributed by atoms with van der Waals surface area (Å²) < 4.78 is 40.9. The Hall–Kier alpha value is -5.02. The summed E-state index contributed by atoms with van der Waals surface area (Å²) in [4.78, 5) is 27.3. The molecule has 0 radical (unpaired) electrons. The molecule has 0 bridgehead atoms. The molecule has 0 saturated heterocycles. The maximum atomic E-state index is 13.5. The van der Waals surface area contributed by atoms with Crippen LogP contribution in [0, 0.1) is 12.7 Å². The lowest BCUT2D eigenvalue weighted by Gasteiger charge is -2.21. The van der Waals surface area contributed by atoms with Gasteiger partial charge in [-0.1, -0.05) is 84.4 Å². The van der Waals surface area contributed by atoms with E-state index in [0.29, 0.717) is 24.1 Å². The van der Waals surface area contributed by atoms with Gasteiger partial charge in [0, 0.05) is 18.7 Å². The van der Waals surface area contributed by atoms with Gasteiger partial charge in [0.2, 0.25) is 0 Å². The summed E-state index contributed by atoms with van der Waals surface area (Å²) in [6.45, 7) is 2.54. The van der Waals surface area contributed by atoms with Gasteiger partial charge in [-0.15, -0.1) is 0 Å². The fraction of sp³-hybridized carbons (Fsp3) is 0.118. The fourth-order valence-electron chi connectivity index (χ4n) is 4.65. The van der Waals surface area contributed by atoms with Gasteiger partial charge in [-0.2, -0.15) is 0 Å². The summed E-state index contributed by atoms with van der Waals surface area (Å²) >= 11 is 0. The molecule has 1 heterocycles. The largest absolute Gasteiger partial charge is 0.333 e. The van der Waals surface area contributed by atoms with E-state index in [1.807, 2.05) is 72.3 Å². The number of aryl methyl sites for hydroxylation is 1. The second-order valence-corrected chi connectivity index (χ2v) is 11.9. The van der Waals surface area contributed by atoms with Gasteiger partial charge in [-0.05, 0) is 72.0 Å². The number of urea groups is 1. The number of hydrogen-bond donors (Lipinski definition) is 2. The average molecular weight is 596 g/mol. The van der Waals surface area contributed by atoms with E-state index in [0.717, 1.165) is 28.0 Å². The Kier molecular flexibility index (Phi) is 8.82. The smallest absolute Gasteiger partial charge is 0.328 e. The van der Waals surface area contributed by atoms with Crippen LogP contribution in [0.5, 0.6) is 0 Å². The molecule has 0 unspecified atom stereocenters. The molecule has 218 valence electrons. The van der Waals surface area contributed by atoms with Crippen LogP contribution in [-0.4, -0.2) is 31.8 Å². The molecule has 0 atom stereocenters. The van der Waals surface area contributed by atoms with E-state index in [-0.39, 0.29) is 23.2 Å². The number of hydrogen-bond acceptors (Lipinski definition) is 4. The number of rotatable bonds is 9. The number of benzene rings is 4. The zero-order valence-electron chi connectivity index (χ0n) is 23.5. The highest BCUT2D eigenvalue weighted by molar-refractivity contribution is 7.90. The lowest BCUT2D eigenvalue weighted by molar-refractivity contribution is -0.122. The summed E-state index contributed by atoms with van der Waals surface area (Å²) in [5.41, 5.74) is 5.60. The molecule has 2 N–H and O–H groups in total. The molecular formula is C34H30FN3O4S. The summed E-state index contributed by atoms with van der Waals surface area (Å²) in [7, 11) is -4.07. The summed E-state index contributed by atoms with van der Waals surface area (Å²) in [5, 5.41) is 2.54. The highest BCUT2D eigenvalue weighted by Crippen LogP contribution is 2.31. The van der Waals surface area contributed by atoms with Crippen molar-refractivity contribution >= 4 is 33.7 Å². The molecule has 3 amide bonds. The Labute approximate surface area is 250 Å². The van der Waals surface area contributed by atoms with Crippen LogP contribution in [0.1, 0.15) is 27.8 Å². The van der Waals surface area contributed by atoms with Crippen LogP contribution in [0.4, 0.5) is 9.18 Å². The van der Waals surface area contributed by atoms with Gasteiger partial charge in [0.15, 0.2) is 0 Å². The highest BCUT2D eigenvalue weighted by Gasteiger charge is 2.29. The summed E-state index contributed by atoms with van der Waals surface area (Å²) in [6.07, 6.45) is 4.03. The fourth-order valence-corrected chi connectivity index (χ4v) is 5.58. The molecule has 4 aromatic carbocycles. The first-order valence-corrected chi connectivity index (χ1v) is 15.2. The van der Waals surface area contributed by atoms with Crippen molar-refractivity contribution in [3.8, 4) is 0 Å². The number of halogens is 1. The number of carbonyl (C=O) groups is 2. The van der Waals surface area contributed by atoms with E-state index in [1.54, 1.807) is 35.2 Å². The molecule has 4 aromatic rings. The maximum Gasteiger partial charge on any atom is 0.328 e. The van der Waals surface area contributed by atoms with Crippen molar-refractivity contribution < 1.29 is 22.4 Å². The molecule has 0 fully saturated rings. The first-order valence-electron chi connectivity index (χ1n) is 13.7. The number of nitrogens with zero attached hydrogens (tertiary/aromatic N) is 1. The van der Waals surface area contributed by atoms with Crippen LogP contribution in [0.3, 0.4) is 0 Å². The van der Waals surface area contributed by atoms with Crippen molar-refractivity contribution in [3.63, 3.8) is 0 Å². The molecule has 1 aliphatic heterocycles. The number of sulfonamides is 1. The molecule has 0 aromatic heterocycles. The highest BCUT2D eigenvalue weighted by atomic mass is 32.2. The standard InChI is InChI=1S/C34H30FN3O4S/c1-24-7-13-28(14-8-24)32-22-29(21-26-9-15-30(35)16-10-26)33(39)38(32)20-19-25-11-17-31(18-12-25)43(41,42)37-34(40)36-23-27-5-3-2-4-6-27/h2-18,21-22H,19-20,23H2,1H3,(H2,36,37,40)/b29-21+. The van der Waals surface area contributed by atoms with E-state index in [4.69, 9.17) is 0 Å². The quantitative estimate of drug-likeness (QED) is 0.238. The zero-order chi connectivity index (χ0) is 30.4. The normalized spacial score (nSPS) is 14.1. The first-order chi connectivity index (χ1) is 20.7. The summed E-state index contributed by atoms with van der Waals surface area (Å²) in [5.74, 6) is -0.525. The Morgan fingerprint density at radius 1 is 0.860 bits per heavy atom. The SMILES string of the molecule is Cc1ccc(C2=C/C(=C\c3ccc(F)cc3)C(=O)N2CCc2ccc(S(=O)(=O)NC(=O)NCc3ccccc3)cc2)cc1. The van der Waals surface area contributed by atoms with Crippen LogP contribution < -0.4 is 10.0 Å². The van der Waals surface area contributed by atoms with E-state index >= 15 is 0 Å². The molecule has 7 nitrogen and oxygen atoms in total. The molecule has 5 rings (SSSR count). The van der Waals surface area contributed by atoms with Gasteiger partial charge in [0.1, 0.15) is 5.82 Å². The second-order valence-electron chi connectivity index (χ2n) is 10.2. The molecule has 9 heteroatoms. The topological polar surface area (TPSA) is 95.6 Å². The average Bonchev–Trinajstić information content (AvgIpc) is 3.31. The number of nitrogens with one attached hydrogen (secondary N) is 2. The Balaban J connectivity index is 1.26. The van der Waals surface area contributed by atoms with Crippen molar-refractivity contribution in [2.45, 2.75) is 24.8 Å². The number of carbonyl (C=O) groups excluding carboxylic acids is 2. The van der Waals surface area contributed by atoms with Crippen molar-refractivity contribution in [1.29, 1.82) is 0 Å². The zero-order valence-corrected chi connectivity index (χ0v) is 24.3. The van der Waals surface area contributed by atoms with E-state index < -0.39 is 16.1 Å². The van der Waals surface area contributed by atoms with Crippen LogP contribution >= 0.6 is 0 Å². The minimum absolute atomic E-state index is 0.0480. The van der Waals surface area contributed by atoms with E-state index in [1.165, 1.54) is 24.3 Å². The van der Waals surface area contributed by atoms with Crippen molar-refractivity contribution in [1.82, 2.24) is 14.9 Å². The third-order valence-electron chi connectivity index (χ3n) is 7.00. The summed E-state index contributed by atoms with van der Waals surface area (Å²) in [6, 6.07) is 28.4. The van der Waals surface area contributed by atoms with Gasteiger partial charge in [-0.3, -0.25) is 4.79 Å². The van der Waals surface area contributed by atoms with Gasteiger partial charge in [0.05, 0.1) is 10.6 Å². The third-order valence-corrected chi connectivity index (χ3v) is 8.34. The van der Waals surface area contributed by atoms with Gasteiger partial charge in [-0.25, -0.2) is 22.3 Å². The Morgan fingerprint density at radius 3 is 2.21 bits per heavy atom. The Bertz CT molecular complexity index is 1780. The lowest BCUT2D eigenvalue weighted by atomic mass is 10.1. The Morgan fingerprint density at radius 2 is 1.53 bits per heavy atom. The van der Waals surface area contributed by atoms with Crippen LogP contribution in [-0.2, 0) is 27.8 Å². The van der Waals surface area contributed by atoms with Crippen LogP contribution in [0.15, 0.2) is 120 Å². The van der Waals surface area contributed by atoms with Gasteiger partial charge >= 0.3 is 6.03 Å². The molecule has 0 aliphatic carbocycles. The van der Waals surface area contributed by atoms with Crippen molar-refractivity contribution in [2.75, 3.05) is 6.54 Å². The maximum absolute atomic E-state index is 13.5. The predicted octanol–water partition coefficient (Wildman–Crippen LogP) is 5.83. The van der Waals surface area contributed by atoms with E-state index in [2.05, 4.69) is 5.32 Å². The van der Waals surface area contributed by atoms with Gasteiger partial charge in [0.25, 0.3) is 15.9 Å². The van der Waals surface area contributed by atoms with Crippen molar-refractivity contribution in [2.24, 2.45) is 0 Å². The number of amides is 3. The third kappa shape index (κ3) is 7.44. The molecule has 0 spiro atoms. The second kappa shape index (κ2) is 12.9. The minimum Gasteiger partial charge on any atom is -0.333 e. The first kappa shape index (κ1) is 29.5. The molecular weight excluding hydrogens is 565 g/mol.